The molecule has 3 N–H and O–H groups in total. The van der Waals surface area contributed by atoms with Gasteiger partial charge in [-0.15, -0.1) is 0 Å². The van der Waals surface area contributed by atoms with E-state index in [0.717, 1.165) is 24.3 Å². The monoisotopic (exact) mass is 391 g/mol. The van der Waals surface area contributed by atoms with Gasteiger partial charge in [0.15, 0.2) is 5.76 Å². The molecule has 0 fully saturated rings. The van der Waals surface area contributed by atoms with E-state index in [2.05, 4.69) is 5.32 Å². The number of hydrogen-bond acceptors (Lipinski definition) is 4. The fourth-order valence-corrected chi connectivity index (χ4v) is 2.44. The molecule has 3 aromatic rings. The second-order valence-corrected chi connectivity index (χ2v) is 5.73. The maximum Gasteiger partial charge on any atom is 0.416 e. The standard InChI is InChI=1S/C19H12F3NO5/c20-19(21,22)11-3-1-2-10(8-11)15-6-7-16(28-15)17(25)23-12-4-5-14(24)13(9-12)18(26)27/h1-9,24H,(H,23,25)(H,26,27). The lowest BCUT2D eigenvalue weighted by Gasteiger charge is -2.07. The molecule has 0 saturated carbocycles. The molecule has 6 nitrogen and oxygen atoms in total. The lowest BCUT2D eigenvalue weighted by atomic mass is 10.1. The first kappa shape index (κ1) is 19.0. The molecule has 9 heteroatoms. The van der Waals surface area contributed by atoms with Crippen molar-refractivity contribution in [2.24, 2.45) is 0 Å². The summed E-state index contributed by atoms with van der Waals surface area (Å²) in [5.41, 5.74) is -1.01. The predicted molar refractivity (Wildman–Crippen MR) is 92.2 cm³/mol. The fraction of sp³-hybridized carbons (Fsp3) is 0.0526. The van der Waals surface area contributed by atoms with Crippen LogP contribution in [0.2, 0.25) is 0 Å². The Morgan fingerprint density at radius 2 is 1.75 bits per heavy atom. The Hall–Kier alpha value is -3.75. The topological polar surface area (TPSA) is 99.8 Å². The van der Waals surface area contributed by atoms with Gasteiger partial charge in [0.2, 0.25) is 0 Å². The van der Waals surface area contributed by atoms with E-state index in [-0.39, 0.29) is 22.8 Å². The van der Waals surface area contributed by atoms with Crippen molar-refractivity contribution in [1.29, 1.82) is 0 Å². The molecule has 1 aromatic heterocycles. The maximum atomic E-state index is 12.8. The van der Waals surface area contributed by atoms with Crippen LogP contribution >= 0.6 is 0 Å². The zero-order chi connectivity index (χ0) is 20.5. The molecule has 0 atom stereocenters. The molecule has 0 unspecified atom stereocenters. The molecule has 144 valence electrons. The van der Waals surface area contributed by atoms with E-state index in [1.165, 1.54) is 30.3 Å². The molecule has 0 radical (unpaired) electrons. The summed E-state index contributed by atoms with van der Waals surface area (Å²) in [5.74, 6) is -2.69. The van der Waals surface area contributed by atoms with Crippen LogP contribution < -0.4 is 5.32 Å². The Morgan fingerprint density at radius 3 is 2.43 bits per heavy atom. The Labute approximate surface area is 155 Å². The van der Waals surface area contributed by atoms with Crippen LogP contribution in [0.15, 0.2) is 59.0 Å². The van der Waals surface area contributed by atoms with Crippen molar-refractivity contribution in [3.05, 3.63) is 71.5 Å². The molecule has 0 spiro atoms. The molecule has 0 bridgehead atoms. The number of phenols is 1. The number of alkyl halides is 3. The fourth-order valence-electron chi connectivity index (χ4n) is 2.44. The third-order valence-electron chi connectivity index (χ3n) is 3.79. The van der Waals surface area contributed by atoms with Crippen LogP contribution in [0.25, 0.3) is 11.3 Å². The molecular formula is C19H12F3NO5. The minimum Gasteiger partial charge on any atom is -0.507 e. The van der Waals surface area contributed by atoms with Crippen molar-refractivity contribution >= 4 is 17.6 Å². The van der Waals surface area contributed by atoms with Crippen LogP contribution in [0.5, 0.6) is 5.75 Å². The zero-order valence-corrected chi connectivity index (χ0v) is 13.9. The van der Waals surface area contributed by atoms with E-state index >= 15 is 0 Å². The van der Waals surface area contributed by atoms with E-state index in [0.29, 0.717) is 0 Å². The summed E-state index contributed by atoms with van der Waals surface area (Å²) in [6.07, 6.45) is -4.51. The number of amides is 1. The minimum absolute atomic E-state index is 0.0631. The predicted octanol–water partition coefficient (Wildman–Crippen LogP) is 4.62. The third-order valence-corrected chi connectivity index (χ3v) is 3.79. The average molecular weight is 391 g/mol. The smallest absolute Gasteiger partial charge is 0.416 e. The number of anilines is 1. The van der Waals surface area contributed by atoms with Gasteiger partial charge in [0, 0.05) is 11.3 Å². The number of carboxylic acid groups (broad SMARTS) is 1. The summed E-state index contributed by atoms with van der Waals surface area (Å²) in [6, 6.07) is 10.6. The van der Waals surface area contributed by atoms with Crippen molar-refractivity contribution in [2.75, 3.05) is 5.32 Å². The number of aromatic carboxylic acids is 1. The van der Waals surface area contributed by atoms with Gasteiger partial charge >= 0.3 is 12.1 Å². The Balaban J connectivity index is 1.82. The van der Waals surface area contributed by atoms with Crippen LogP contribution in [-0.2, 0) is 6.18 Å². The molecule has 2 aromatic carbocycles. The molecule has 0 saturated heterocycles. The Bertz CT molecular complexity index is 1060. The Kier molecular flexibility index (Phi) is 4.83. The first-order valence-corrected chi connectivity index (χ1v) is 7.80. The first-order valence-electron chi connectivity index (χ1n) is 7.80. The van der Waals surface area contributed by atoms with Gasteiger partial charge < -0.3 is 19.9 Å². The van der Waals surface area contributed by atoms with Gasteiger partial charge in [-0.2, -0.15) is 13.2 Å². The van der Waals surface area contributed by atoms with Gasteiger partial charge in [-0.3, -0.25) is 4.79 Å². The van der Waals surface area contributed by atoms with Crippen molar-refractivity contribution < 1.29 is 37.4 Å². The quantitative estimate of drug-likeness (QED) is 0.564. The van der Waals surface area contributed by atoms with Gasteiger partial charge in [0.25, 0.3) is 5.91 Å². The van der Waals surface area contributed by atoms with E-state index in [1.807, 2.05) is 0 Å². The summed E-state index contributed by atoms with van der Waals surface area (Å²) in [4.78, 5) is 23.3. The number of benzene rings is 2. The van der Waals surface area contributed by atoms with Crippen molar-refractivity contribution in [2.45, 2.75) is 6.18 Å². The molecule has 0 aliphatic carbocycles. The third kappa shape index (κ3) is 3.98. The van der Waals surface area contributed by atoms with E-state index in [9.17, 15) is 27.9 Å². The summed E-state index contributed by atoms with van der Waals surface area (Å²) >= 11 is 0. The number of hydrogen-bond donors (Lipinski definition) is 3. The van der Waals surface area contributed by atoms with Gasteiger partial charge in [-0.25, -0.2) is 4.79 Å². The van der Waals surface area contributed by atoms with Crippen molar-refractivity contribution in [3.8, 4) is 17.1 Å². The van der Waals surface area contributed by atoms with Gasteiger partial charge in [-0.1, -0.05) is 12.1 Å². The van der Waals surface area contributed by atoms with Crippen LogP contribution in [0.3, 0.4) is 0 Å². The zero-order valence-electron chi connectivity index (χ0n) is 13.9. The van der Waals surface area contributed by atoms with Gasteiger partial charge in [0.1, 0.15) is 17.1 Å². The van der Waals surface area contributed by atoms with E-state index in [4.69, 9.17) is 9.52 Å². The number of carbonyl (C=O) groups excluding carboxylic acids is 1. The molecule has 1 amide bonds. The lowest BCUT2D eigenvalue weighted by Crippen LogP contribution is -2.11. The largest absolute Gasteiger partial charge is 0.507 e. The summed E-state index contributed by atoms with van der Waals surface area (Å²) in [7, 11) is 0. The number of carboxylic acids is 1. The van der Waals surface area contributed by atoms with Crippen molar-refractivity contribution in [1.82, 2.24) is 0 Å². The number of rotatable bonds is 4. The van der Waals surface area contributed by atoms with Crippen LogP contribution in [0.1, 0.15) is 26.5 Å². The van der Waals surface area contributed by atoms with Gasteiger partial charge in [0.05, 0.1) is 5.56 Å². The highest BCUT2D eigenvalue weighted by Crippen LogP contribution is 2.32. The summed E-state index contributed by atoms with van der Waals surface area (Å²) in [5, 5.41) is 20.8. The molecule has 0 aliphatic rings. The molecule has 1 heterocycles. The van der Waals surface area contributed by atoms with Crippen LogP contribution in [0, 0.1) is 0 Å². The summed E-state index contributed by atoms with van der Waals surface area (Å²) < 4.78 is 43.8. The first-order chi connectivity index (χ1) is 13.1. The second-order valence-electron chi connectivity index (χ2n) is 5.73. The van der Waals surface area contributed by atoms with Crippen molar-refractivity contribution in [3.63, 3.8) is 0 Å². The number of halogens is 3. The minimum atomic E-state index is -4.51. The lowest BCUT2D eigenvalue weighted by molar-refractivity contribution is -0.137. The number of furan rings is 1. The normalized spacial score (nSPS) is 11.2. The van der Waals surface area contributed by atoms with Crippen LogP contribution in [0.4, 0.5) is 18.9 Å². The summed E-state index contributed by atoms with van der Waals surface area (Å²) in [6.45, 7) is 0. The molecule has 3 rings (SSSR count). The number of nitrogens with one attached hydrogen (secondary N) is 1. The second kappa shape index (κ2) is 7.10. The van der Waals surface area contributed by atoms with Gasteiger partial charge in [-0.05, 0) is 42.5 Å². The van der Waals surface area contributed by atoms with E-state index in [1.54, 1.807) is 0 Å². The molecule has 0 aliphatic heterocycles. The maximum absolute atomic E-state index is 12.8. The molecule has 28 heavy (non-hydrogen) atoms. The number of carbonyl (C=O) groups is 2. The van der Waals surface area contributed by atoms with E-state index < -0.39 is 34.9 Å². The highest BCUT2D eigenvalue weighted by molar-refractivity contribution is 6.03. The average Bonchev–Trinajstić information content (AvgIpc) is 3.13. The highest BCUT2D eigenvalue weighted by atomic mass is 19.4. The number of aromatic hydroxyl groups is 1. The SMILES string of the molecule is O=C(Nc1ccc(O)c(C(=O)O)c1)c1ccc(-c2cccc(C(F)(F)F)c2)o1. The Morgan fingerprint density at radius 1 is 1.00 bits per heavy atom. The molecular weight excluding hydrogens is 379 g/mol. The highest BCUT2D eigenvalue weighted by Gasteiger charge is 2.30. The van der Waals surface area contributed by atoms with Crippen LogP contribution in [-0.4, -0.2) is 22.1 Å².